The number of benzene rings is 1. The van der Waals surface area contributed by atoms with Gasteiger partial charge in [0.1, 0.15) is 5.01 Å². The van der Waals surface area contributed by atoms with Crippen LogP contribution in [0.15, 0.2) is 30.3 Å². The molecule has 0 saturated carbocycles. The molecule has 0 saturated heterocycles. The summed E-state index contributed by atoms with van der Waals surface area (Å²) in [5, 5.41) is 9.94. The van der Waals surface area contributed by atoms with Gasteiger partial charge in [-0.2, -0.15) is 5.26 Å². The van der Waals surface area contributed by atoms with E-state index in [-0.39, 0.29) is 0 Å². The lowest BCUT2D eigenvalue weighted by Crippen LogP contribution is -1.80. The van der Waals surface area contributed by atoms with E-state index in [1.807, 2.05) is 31.2 Å². The Kier molecular flexibility index (Phi) is 4.70. The molecule has 2 nitrogen and oxygen atoms in total. The summed E-state index contributed by atoms with van der Waals surface area (Å²) in [5.74, 6) is 0. The fraction of sp³-hybridized carbons (Fsp3) is 0.294. The number of nitriles is 1. The van der Waals surface area contributed by atoms with Gasteiger partial charge in [-0.1, -0.05) is 31.6 Å². The molecule has 102 valence electrons. The molecule has 0 spiro atoms. The van der Waals surface area contributed by atoms with Crippen LogP contribution in [0.1, 0.15) is 43.0 Å². The molecule has 0 aliphatic carbocycles. The molecule has 0 fully saturated rings. The highest BCUT2D eigenvalue weighted by Crippen LogP contribution is 2.33. The first-order valence-electron chi connectivity index (χ1n) is 6.80. The summed E-state index contributed by atoms with van der Waals surface area (Å²) in [6.45, 7) is 6.34. The van der Waals surface area contributed by atoms with Crippen LogP contribution < -0.4 is 0 Å². The van der Waals surface area contributed by atoms with E-state index in [1.165, 1.54) is 10.5 Å². The molecular formula is C17H18N2S. The van der Waals surface area contributed by atoms with E-state index in [2.05, 4.69) is 31.0 Å². The smallest absolute Gasteiger partial charge is 0.119 e. The van der Waals surface area contributed by atoms with Crippen LogP contribution in [0.3, 0.4) is 0 Å². The van der Waals surface area contributed by atoms with Crippen molar-refractivity contribution in [3.8, 4) is 16.5 Å². The molecule has 1 aromatic carbocycles. The zero-order valence-electron chi connectivity index (χ0n) is 12.1. The Morgan fingerprint density at radius 2 is 2.05 bits per heavy atom. The average molecular weight is 282 g/mol. The topological polar surface area (TPSA) is 36.7 Å². The van der Waals surface area contributed by atoms with Crippen LogP contribution >= 0.6 is 11.3 Å². The Balaban J connectivity index is 2.33. The van der Waals surface area contributed by atoms with E-state index < -0.39 is 0 Å². The number of aryl methyl sites for hydroxylation is 1. The maximum Gasteiger partial charge on any atom is 0.119 e. The molecule has 0 amide bonds. The first-order chi connectivity index (χ1) is 9.65. The quantitative estimate of drug-likeness (QED) is 0.773. The molecule has 3 heteroatoms. The van der Waals surface area contributed by atoms with Crippen LogP contribution in [0.2, 0.25) is 0 Å². The fourth-order valence-corrected chi connectivity index (χ4v) is 3.04. The van der Waals surface area contributed by atoms with Gasteiger partial charge in [0.05, 0.1) is 22.2 Å². The third-order valence-electron chi connectivity index (χ3n) is 3.15. The van der Waals surface area contributed by atoms with Crippen LogP contribution in [0, 0.1) is 18.3 Å². The summed E-state index contributed by atoms with van der Waals surface area (Å²) < 4.78 is 0. The SMILES string of the molecule is CCC/C=C(\C)c1nc(C)c(-c2ccc(C#N)cc2)s1. The van der Waals surface area contributed by atoms with Gasteiger partial charge in [-0.3, -0.25) is 0 Å². The number of rotatable bonds is 4. The van der Waals surface area contributed by atoms with Crippen LogP contribution in [-0.4, -0.2) is 4.98 Å². The Hall–Kier alpha value is -1.92. The van der Waals surface area contributed by atoms with Crippen molar-refractivity contribution in [2.75, 3.05) is 0 Å². The molecule has 1 aromatic heterocycles. The predicted octanol–water partition coefficient (Wildman–Crippen LogP) is 5.19. The zero-order chi connectivity index (χ0) is 14.5. The lowest BCUT2D eigenvalue weighted by molar-refractivity contribution is 0.958. The Labute approximate surface area is 124 Å². The van der Waals surface area contributed by atoms with Crippen molar-refractivity contribution in [3.63, 3.8) is 0 Å². The normalized spacial score (nSPS) is 11.4. The van der Waals surface area contributed by atoms with Crippen molar-refractivity contribution in [1.29, 1.82) is 5.26 Å². The van der Waals surface area contributed by atoms with Gasteiger partial charge in [-0.25, -0.2) is 4.98 Å². The molecular weight excluding hydrogens is 264 g/mol. The minimum absolute atomic E-state index is 0.690. The van der Waals surface area contributed by atoms with Crippen LogP contribution in [0.4, 0.5) is 0 Å². The number of aromatic nitrogens is 1. The lowest BCUT2D eigenvalue weighted by Gasteiger charge is -1.98. The van der Waals surface area contributed by atoms with E-state index in [0.29, 0.717) is 5.56 Å². The van der Waals surface area contributed by atoms with E-state index in [9.17, 15) is 0 Å². The van der Waals surface area contributed by atoms with E-state index in [4.69, 9.17) is 5.26 Å². The zero-order valence-corrected chi connectivity index (χ0v) is 12.9. The highest BCUT2D eigenvalue weighted by molar-refractivity contribution is 7.16. The first-order valence-corrected chi connectivity index (χ1v) is 7.62. The highest BCUT2D eigenvalue weighted by atomic mass is 32.1. The van der Waals surface area contributed by atoms with Crippen molar-refractivity contribution < 1.29 is 0 Å². The summed E-state index contributed by atoms with van der Waals surface area (Å²) in [7, 11) is 0. The molecule has 2 aromatic rings. The largest absolute Gasteiger partial charge is 0.241 e. The van der Waals surface area contributed by atoms with Crippen molar-refractivity contribution in [2.24, 2.45) is 0 Å². The molecule has 0 N–H and O–H groups in total. The summed E-state index contributed by atoms with van der Waals surface area (Å²) >= 11 is 1.72. The van der Waals surface area contributed by atoms with E-state index in [0.717, 1.165) is 29.1 Å². The number of hydrogen-bond acceptors (Lipinski definition) is 3. The Morgan fingerprint density at radius 3 is 2.65 bits per heavy atom. The first kappa shape index (κ1) is 14.5. The third-order valence-corrected chi connectivity index (χ3v) is 4.49. The van der Waals surface area contributed by atoms with Gasteiger partial charge >= 0.3 is 0 Å². The van der Waals surface area contributed by atoms with Gasteiger partial charge in [-0.15, -0.1) is 11.3 Å². The van der Waals surface area contributed by atoms with Gasteiger partial charge in [0.2, 0.25) is 0 Å². The van der Waals surface area contributed by atoms with Crippen LogP contribution in [-0.2, 0) is 0 Å². The minimum Gasteiger partial charge on any atom is -0.241 e. The van der Waals surface area contributed by atoms with Gasteiger partial charge in [0.25, 0.3) is 0 Å². The summed E-state index contributed by atoms with van der Waals surface area (Å²) in [6, 6.07) is 9.84. The highest BCUT2D eigenvalue weighted by Gasteiger charge is 2.10. The molecule has 20 heavy (non-hydrogen) atoms. The Morgan fingerprint density at radius 1 is 1.35 bits per heavy atom. The maximum absolute atomic E-state index is 8.85. The number of hydrogen-bond donors (Lipinski definition) is 0. The summed E-state index contributed by atoms with van der Waals surface area (Å²) in [4.78, 5) is 5.86. The number of allylic oxidation sites excluding steroid dienone is 2. The molecule has 0 atom stereocenters. The molecule has 0 aliphatic rings. The van der Waals surface area contributed by atoms with Crippen molar-refractivity contribution >= 4 is 16.9 Å². The Bertz CT molecular complexity index is 657. The fourth-order valence-electron chi connectivity index (χ4n) is 1.98. The minimum atomic E-state index is 0.690. The van der Waals surface area contributed by atoms with Gasteiger partial charge in [-0.05, 0) is 43.5 Å². The van der Waals surface area contributed by atoms with Crippen LogP contribution in [0.25, 0.3) is 16.0 Å². The monoisotopic (exact) mass is 282 g/mol. The van der Waals surface area contributed by atoms with Crippen molar-refractivity contribution in [1.82, 2.24) is 4.98 Å². The number of thiazole rings is 1. The lowest BCUT2D eigenvalue weighted by atomic mass is 10.1. The van der Waals surface area contributed by atoms with E-state index >= 15 is 0 Å². The maximum atomic E-state index is 8.85. The van der Waals surface area contributed by atoms with Gasteiger partial charge in [0.15, 0.2) is 0 Å². The van der Waals surface area contributed by atoms with Crippen LogP contribution in [0.5, 0.6) is 0 Å². The molecule has 1 heterocycles. The predicted molar refractivity (Wildman–Crippen MR) is 85.6 cm³/mol. The summed E-state index contributed by atoms with van der Waals surface area (Å²) in [6.07, 6.45) is 4.50. The second-order valence-corrected chi connectivity index (χ2v) is 5.80. The average Bonchev–Trinajstić information content (AvgIpc) is 2.87. The van der Waals surface area contributed by atoms with Gasteiger partial charge in [0, 0.05) is 0 Å². The number of nitrogens with zero attached hydrogens (tertiary/aromatic N) is 2. The molecule has 0 bridgehead atoms. The van der Waals surface area contributed by atoms with Gasteiger partial charge < -0.3 is 0 Å². The molecule has 2 rings (SSSR count). The molecule has 0 unspecified atom stereocenters. The standard InChI is InChI=1S/C17H18N2S/c1-4-5-6-12(2)17-19-13(3)16(20-17)15-9-7-14(11-18)8-10-15/h6-10H,4-5H2,1-3H3/b12-6+. The van der Waals surface area contributed by atoms with E-state index in [1.54, 1.807) is 11.3 Å². The van der Waals surface area contributed by atoms with Crippen molar-refractivity contribution in [3.05, 3.63) is 46.6 Å². The van der Waals surface area contributed by atoms with Crippen molar-refractivity contribution in [2.45, 2.75) is 33.6 Å². The second kappa shape index (κ2) is 6.49. The third kappa shape index (κ3) is 3.15. The second-order valence-electron chi connectivity index (χ2n) is 4.80. The molecule has 0 radical (unpaired) electrons. The summed E-state index contributed by atoms with van der Waals surface area (Å²) in [5.41, 5.74) is 4.13. The number of unbranched alkanes of at least 4 members (excludes halogenated alkanes) is 1. The molecule has 0 aliphatic heterocycles.